The van der Waals surface area contributed by atoms with Gasteiger partial charge in [0, 0.05) is 16.2 Å². The summed E-state index contributed by atoms with van der Waals surface area (Å²) in [6, 6.07) is 4.02. The molecule has 5 heteroatoms. The van der Waals surface area contributed by atoms with Crippen LogP contribution in [0, 0.1) is 5.92 Å². The van der Waals surface area contributed by atoms with Gasteiger partial charge in [0.15, 0.2) is 0 Å². The van der Waals surface area contributed by atoms with Crippen LogP contribution in [0.3, 0.4) is 0 Å². The third-order valence-corrected chi connectivity index (χ3v) is 3.60. The molecule has 0 fully saturated rings. The lowest BCUT2D eigenvalue weighted by atomic mass is 10.0. The molecule has 1 nitrogen and oxygen atoms in total. The fraction of sp³-hybridized carbons (Fsp3) is 0.600. The van der Waals surface area contributed by atoms with E-state index < -0.39 is 11.7 Å². The molecule has 0 spiro atoms. The predicted octanol–water partition coefficient (Wildman–Crippen LogP) is 6.09. The molecule has 1 aromatic carbocycles. The van der Waals surface area contributed by atoms with Crippen molar-refractivity contribution in [2.24, 2.45) is 5.92 Å². The van der Waals surface area contributed by atoms with Crippen molar-refractivity contribution >= 4 is 21.6 Å². The highest BCUT2D eigenvalue weighted by Gasteiger charge is 2.33. The van der Waals surface area contributed by atoms with Crippen molar-refractivity contribution < 1.29 is 13.2 Å². The molecule has 20 heavy (non-hydrogen) atoms. The lowest BCUT2D eigenvalue weighted by molar-refractivity contribution is -0.137. The van der Waals surface area contributed by atoms with Crippen molar-refractivity contribution in [2.45, 2.75) is 52.3 Å². The van der Waals surface area contributed by atoms with Crippen LogP contribution in [0.25, 0.3) is 0 Å². The van der Waals surface area contributed by atoms with Gasteiger partial charge in [-0.15, -0.1) is 0 Å². The van der Waals surface area contributed by atoms with Crippen LogP contribution in [0.4, 0.5) is 18.9 Å². The zero-order valence-corrected chi connectivity index (χ0v) is 13.6. The third kappa shape index (κ3) is 5.73. The molecular formula is C15H21BrF3N. The van der Waals surface area contributed by atoms with Gasteiger partial charge in [-0.2, -0.15) is 13.2 Å². The first-order chi connectivity index (χ1) is 9.20. The molecule has 0 aliphatic carbocycles. The van der Waals surface area contributed by atoms with E-state index in [0.29, 0.717) is 10.4 Å². The van der Waals surface area contributed by atoms with Crippen LogP contribution < -0.4 is 5.32 Å². The molecule has 0 saturated carbocycles. The summed E-state index contributed by atoms with van der Waals surface area (Å²) in [6.07, 6.45) is -1.36. The highest BCUT2D eigenvalue weighted by molar-refractivity contribution is 9.10. The zero-order valence-electron chi connectivity index (χ0n) is 12.0. The maximum atomic E-state index is 12.9. The number of rotatable bonds is 6. The summed E-state index contributed by atoms with van der Waals surface area (Å²) in [4.78, 5) is 0. The van der Waals surface area contributed by atoms with E-state index in [0.717, 1.165) is 25.3 Å². The Balaban J connectivity index is 2.73. The van der Waals surface area contributed by atoms with Crippen molar-refractivity contribution in [1.29, 1.82) is 0 Å². The molecule has 1 rings (SSSR count). The van der Waals surface area contributed by atoms with Gasteiger partial charge in [-0.3, -0.25) is 0 Å². The Bertz CT molecular complexity index is 430. The van der Waals surface area contributed by atoms with E-state index in [1.165, 1.54) is 12.1 Å². The summed E-state index contributed by atoms with van der Waals surface area (Å²) in [7, 11) is 0. The quantitative estimate of drug-likeness (QED) is 0.653. The number of nitrogens with one attached hydrogen (secondary N) is 1. The van der Waals surface area contributed by atoms with E-state index in [-0.39, 0.29) is 11.7 Å². The molecule has 0 aliphatic rings. The van der Waals surface area contributed by atoms with Crippen LogP contribution in [0.5, 0.6) is 0 Å². The van der Waals surface area contributed by atoms with Gasteiger partial charge in [0.1, 0.15) is 0 Å². The van der Waals surface area contributed by atoms with E-state index in [1.54, 1.807) is 0 Å². The minimum Gasteiger partial charge on any atom is -0.382 e. The molecular weight excluding hydrogens is 331 g/mol. The molecule has 0 bridgehead atoms. The smallest absolute Gasteiger partial charge is 0.382 e. The molecule has 0 radical (unpaired) electrons. The second kappa shape index (κ2) is 7.34. The highest BCUT2D eigenvalue weighted by Crippen LogP contribution is 2.36. The van der Waals surface area contributed by atoms with E-state index >= 15 is 0 Å². The standard InChI is InChI=1S/C15H21BrF3N/c1-10(2)5-4-6-11(3)20-14-9-12(16)7-8-13(14)15(17,18)19/h7-11,20H,4-6H2,1-3H3. The van der Waals surface area contributed by atoms with Crippen LogP contribution in [0.15, 0.2) is 22.7 Å². The van der Waals surface area contributed by atoms with Gasteiger partial charge in [0.2, 0.25) is 0 Å². The van der Waals surface area contributed by atoms with Gasteiger partial charge in [-0.25, -0.2) is 0 Å². The number of hydrogen-bond donors (Lipinski definition) is 1. The molecule has 0 saturated heterocycles. The number of halogens is 4. The lowest BCUT2D eigenvalue weighted by Crippen LogP contribution is -2.19. The minimum atomic E-state index is -4.33. The molecule has 0 aliphatic heterocycles. The van der Waals surface area contributed by atoms with Gasteiger partial charge in [-0.1, -0.05) is 42.6 Å². The Labute approximate surface area is 127 Å². The normalized spacial score (nSPS) is 13.6. The summed E-state index contributed by atoms with van der Waals surface area (Å²) in [5.41, 5.74) is -0.472. The topological polar surface area (TPSA) is 12.0 Å². The lowest BCUT2D eigenvalue weighted by Gasteiger charge is -2.20. The van der Waals surface area contributed by atoms with E-state index in [1.807, 2.05) is 6.92 Å². The SMILES string of the molecule is CC(C)CCCC(C)Nc1cc(Br)ccc1C(F)(F)F. The van der Waals surface area contributed by atoms with Crippen molar-refractivity contribution in [3.8, 4) is 0 Å². The first-order valence-corrected chi connectivity index (χ1v) is 7.62. The molecule has 1 unspecified atom stereocenters. The van der Waals surface area contributed by atoms with Crippen LogP contribution in [0.1, 0.15) is 45.6 Å². The molecule has 114 valence electrons. The second-order valence-corrected chi connectivity index (χ2v) is 6.47. The predicted molar refractivity (Wildman–Crippen MR) is 80.9 cm³/mol. The summed E-state index contributed by atoms with van der Waals surface area (Å²) in [5.74, 6) is 0.624. The Hall–Kier alpha value is -0.710. The summed E-state index contributed by atoms with van der Waals surface area (Å²) >= 11 is 3.22. The zero-order chi connectivity index (χ0) is 15.3. The minimum absolute atomic E-state index is 0.0177. The first-order valence-electron chi connectivity index (χ1n) is 6.83. The van der Waals surface area contributed by atoms with Crippen molar-refractivity contribution in [3.63, 3.8) is 0 Å². The number of alkyl halides is 3. The monoisotopic (exact) mass is 351 g/mol. The van der Waals surface area contributed by atoms with Gasteiger partial charge in [-0.05, 0) is 37.5 Å². The molecule has 1 atom stereocenters. The first kappa shape index (κ1) is 17.3. The number of hydrogen-bond acceptors (Lipinski definition) is 1. The Kier molecular flexibility index (Phi) is 6.37. The maximum Gasteiger partial charge on any atom is 0.418 e. The van der Waals surface area contributed by atoms with E-state index in [9.17, 15) is 13.2 Å². The Morgan fingerprint density at radius 1 is 1.15 bits per heavy atom. The van der Waals surface area contributed by atoms with E-state index in [4.69, 9.17) is 0 Å². The Morgan fingerprint density at radius 3 is 2.35 bits per heavy atom. The fourth-order valence-electron chi connectivity index (χ4n) is 2.05. The van der Waals surface area contributed by atoms with Crippen LogP contribution in [0.2, 0.25) is 0 Å². The average molecular weight is 352 g/mol. The largest absolute Gasteiger partial charge is 0.418 e. The molecule has 1 aromatic rings. The van der Waals surface area contributed by atoms with Crippen LogP contribution >= 0.6 is 15.9 Å². The second-order valence-electron chi connectivity index (χ2n) is 5.56. The number of benzene rings is 1. The molecule has 1 N–H and O–H groups in total. The fourth-order valence-corrected chi connectivity index (χ4v) is 2.41. The van der Waals surface area contributed by atoms with Crippen molar-refractivity contribution in [2.75, 3.05) is 5.32 Å². The Morgan fingerprint density at radius 2 is 1.80 bits per heavy atom. The molecule has 0 heterocycles. The summed E-state index contributed by atoms with van der Waals surface area (Å²) in [6.45, 7) is 6.21. The summed E-state index contributed by atoms with van der Waals surface area (Å²) in [5, 5.41) is 2.98. The van der Waals surface area contributed by atoms with Gasteiger partial charge in [0.25, 0.3) is 0 Å². The van der Waals surface area contributed by atoms with E-state index in [2.05, 4.69) is 35.1 Å². The van der Waals surface area contributed by atoms with Crippen molar-refractivity contribution in [3.05, 3.63) is 28.2 Å². The van der Waals surface area contributed by atoms with Crippen LogP contribution in [-0.4, -0.2) is 6.04 Å². The maximum absolute atomic E-state index is 12.9. The summed E-state index contributed by atoms with van der Waals surface area (Å²) < 4.78 is 39.4. The third-order valence-electron chi connectivity index (χ3n) is 3.11. The number of anilines is 1. The molecule has 0 aromatic heterocycles. The van der Waals surface area contributed by atoms with Gasteiger partial charge < -0.3 is 5.32 Å². The van der Waals surface area contributed by atoms with Gasteiger partial charge in [0.05, 0.1) is 5.56 Å². The molecule has 0 amide bonds. The van der Waals surface area contributed by atoms with Crippen molar-refractivity contribution in [1.82, 2.24) is 0 Å². The van der Waals surface area contributed by atoms with Gasteiger partial charge >= 0.3 is 6.18 Å². The average Bonchev–Trinajstić information content (AvgIpc) is 2.26. The highest BCUT2D eigenvalue weighted by atomic mass is 79.9. The van der Waals surface area contributed by atoms with Crippen LogP contribution in [-0.2, 0) is 6.18 Å².